The molecule has 24 rings (SSSR count). The lowest BCUT2D eigenvalue weighted by molar-refractivity contribution is 0.00578. The Morgan fingerprint density at radius 2 is 0.766 bits per heavy atom. The minimum absolute atomic E-state index is 0.00144. The summed E-state index contributed by atoms with van der Waals surface area (Å²) in [6.07, 6.45) is 17.9. The first-order chi connectivity index (χ1) is 69.1. The molecule has 3 amide bonds. The Kier molecular flexibility index (Phi) is 28.8. The van der Waals surface area contributed by atoms with Crippen LogP contribution in [0.4, 0.5) is 27.7 Å². The molecule has 0 bridgehead atoms. The number of nitrogens with two attached hydrogens (primary N) is 1. The minimum atomic E-state index is -0.514. The molecule has 754 valence electrons. The van der Waals surface area contributed by atoms with Crippen molar-refractivity contribution in [1.82, 2.24) is 78.7 Å². The quantitative estimate of drug-likeness (QED) is 0.0410. The van der Waals surface area contributed by atoms with E-state index in [9.17, 15) is 18.8 Å². The Balaban J connectivity index is 0.000000116. The summed E-state index contributed by atoms with van der Waals surface area (Å²) in [5.74, 6) is 5.86. The lowest BCUT2D eigenvalue weighted by Gasteiger charge is -2.32. The van der Waals surface area contributed by atoms with Crippen LogP contribution in [0.2, 0.25) is 0 Å². The van der Waals surface area contributed by atoms with Crippen molar-refractivity contribution in [2.24, 2.45) is 5.73 Å². The fourth-order valence-electron chi connectivity index (χ4n) is 17.4. The van der Waals surface area contributed by atoms with E-state index >= 15 is 0 Å². The number of carbonyl (C=O) groups is 3. The van der Waals surface area contributed by atoms with E-state index < -0.39 is 13.1 Å². The summed E-state index contributed by atoms with van der Waals surface area (Å²) in [5.41, 5.74) is 26.8. The number of benzene rings is 7. The molecule has 12 heterocycles. The topological polar surface area (TPSA) is 343 Å². The molecule has 0 unspecified atom stereocenters. The summed E-state index contributed by atoms with van der Waals surface area (Å²) in [7, 11) is 6.07. The number of fused-ring (bicyclic) bond motifs is 8. The highest BCUT2D eigenvalue weighted by molar-refractivity contribution is 9.11. The molecule has 4 aliphatic heterocycles. The molecule has 9 aliphatic rings. The van der Waals surface area contributed by atoms with Crippen LogP contribution in [0.1, 0.15) is 198 Å². The highest BCUT2D eigenvalue weighted by Gasteiger charge is 2.53. The van der Waals surface area contributed by atoms with Crippen LogP contribution in [-0.2, 0) is 42.0 Å². The van der Waals surface area contributed by atoms with Crippen molar-refractivity contribution in [2.45, 2.75) is 233 Å². The largest absolute Gasteiger partial charge is 0.497 e. The Hall–Kier alpha value is -12.8. The van der Waals surface area contributed by atoms with Gasteiger partial charge in [0.25, 0.3) is 17.7 Å². The van der Waals surface area contributed by atoms with Gasteiger partial charge in [0.15, 0.2) is 0 Å². The number of rotatable bonds is 19. The number of hydrogen-bond acceptors (Lipinski definition) is 24. The molecule has 35 heteroatoms. The van der Waals surface area contributed by atoms with Crippen LogP contribution in [0.3, 0.4) is 0 Å². The molecule has 0 atom stereocenters. The van der Waals surface area contributed by atoms with Gasteiger partial charge in [0, 0.05) is 163 Å². The summed E-state index contributed by atoms with van der Waals surface area (Å²) in [5, 5.41) is 17.0. The van der Waals surface area contributed by atoms with Crippen molar-refractivity contribution in [3.63, 3.8) is 0 Å². The SMILES string of the molecule is CC1(N)CC1.COc1ccc(CN2CCn3cc(-c4cccc5nc(C)c(NC6(C)CC6)nc45)cc3C2=O)c(OC)c1.COc1ccc(CN2CCn3cc(Br)cc3C2=O)c(OC)c1.Cc1nc2cccc(-c3cc4n(c3)CCNC4=O)c2nc1NC1(C)CC1.Cc1nc2cccc(B3OC(C)(C)C(C)(C)O3)c2nc1NC1(C)CC1.Cc1nc2cccc(Br)c2nc1F.Cc1nc2cccc(Br)c2nc1NC1(C)CC1. The molecule has 5 saturated carbocycles. The van der Waals surface area contributed by atoms with Gasteiger partial charge >= 0.3 is 7.12 Å². The predicted molar refractivity (Wildman–Crippen MR) is 579 cm³/mol. The predicted octanol–water partition coefficient (Wildman–Crippen LogP) is 21.3. The molecule has 8 aromatic heterocycles. The number of amides is 3. The molecule has 15 aromatic rings. The number of carbonyl (C=O) groups excluding carboxylic acids is 3. The van der Waals surface area contributed by atoms with Crippen molar-refractivity contribution < 1.29 is 47.0 Å². The van der Waals surface area contributed by atoms with Crippen molar-refractivity contribution >= 4 is 157 Å². The second-order valence-corrected chi connectivity index (χ2v) is 44.0. The molecule has 6 fully saturated rings. The Morgan fingerprint density at radius 1 is 0.407 bits per heavy atom. The van der Waals surface area contributed by atoms with E-state index in [4.69, 9.17) is 63.9 Å². The van der Waals surface area contributed by atoms with Gasteiger partial charge < -0.3 is 84.1 Å². The van der Waals surface area contributed by atoms with Crippen LogP contribution in [-0.4, -0.2) is 185 Å². The first-order valence-electron chi connectivity index (χ1n) is 49.2. The van der Waals surface area contributed by atoms with Crippen LogP contribution in [0.25, 0.3) is 77.4 Å². The molecule has 145 heavy (non-hydrogen) atoms. The van der Waals surface area contributed by atoms with Crippen molar-refractivity contribution in [2.75, 3.05) is 69.3 Å². The zero-order valence-electron chi connectivity index (χ0n) is 85.4. The number of nitrogens with one attached hydrogen (secondary N) is 5. The molecule has 5 aliphatic carbocycles. The van der Waals surface area contributed by atoms with E-state index in [1.165, 1.54) is 38.5 Å². The summed E-state index contributed by atoms with van der Waals surface area (Å²) in [4.78, 5) is 88.2. The molecule has 30 nitrogen and oxygen atoms in total. The average molecular weight is 2150 g/mol. The van der Waals surface area contributed by atoms with E-state index in [1.54, 1.807) is 41.4 Å². The van der Waals surface area contributed by atoms with Gasteiger partial charge in [0.05, 0.1) is 112 Å². The monoisotopic (exact) mass is 2150 g/mol. The minimum Gasteiger partial charge on any atom is -0.497 e. The number of aromatic nitrogens is 13. The van der Waals surface area contributed by atoms with E-state index in [1.807, 2.05) is 197 Å². The maximum Gasteiger partial charge on any atom is 0.497 e. The maximum absolute atomic E-state index is 13.5. The van der Waals surface area contributed by atoms with Crippen LogP contribution >= 0.6 is 47.8 Å². The fourth-order valence-corrected chi connectivity index (χ4v) is 18.7. The smallest absolute Gasteiger partial charge is 0.497 e. The second-order valence-electron chi connectivity index (χ2n) is 41.4. The Morgan fingerprint density at radius 3 is 1.17 bits per heavy atom. The first kappa shape index (κ1) is 102. The first-order valence-corrected chi connectivity index (χ1v) is 51.6. The molecule has 0 spiro atoms. The zero-order chi connectivity index (χ0) is 103. The van der Waals surface area contributed by atoms with Crippen molar-refractivity contribution in [3.8, 4) is 45.3 Å². The third kappa shape index (κ3) is 23.2. The number of anilines is 4. The maximum atomic E-state index is 13.5. The van der Waals surface area contributed by atoms with Gasteiger partial charge in [-0.25, -0.2) is 49.8 Å². The summed E-state index contributed by atoms with van der Waals surface area (Å²) in [6.45, 7) is 34.1. The summed E-state index contributed by atoms with van der Waals surface area (Å²) >= 11 is 10.2. The summed E-state index contributed by atoms with van der Waals surface area (Å²) in [6, 6.07) is 46.7. The number of aryl methyl sites for hydroxylation is 5. The molecular formula is C110H124BBr3FN21O9. The van der Waals surface area contributed by atoms with Crippen LogP contribution in [0.15, 0.2) is 178 Å². The summed E-state index contributed by atoms with van der Waals surface area (Å²) < 4.78 is 55.7. The Bertz CT molecular complexity index is 7500. The van der Waals surface area contributed by atoms with Crippen LogP contribution < -0.4 is 56.7 Å². The van der Waals surface area contributed by atoms with E-state index in [2.05, 4.69) is 169 Å². The molecular weight excluding hydrogens is 2030 g/mol. The fraction of sp³-hybridized carbons (Fsp3) is 0.391. The van der Waals surface area contributed by atoms with Gasteiger partial charge in [-0.15, -0.1) is 0 Å². The third-order valence-corrected chi connectivity index (χ3v) is 30.3. The normalized spacial score (nSPS) is 17.3. The lowest BCUT2D eigenvalue weighted by atomic mass is 9.78. The van der Waals surface area contributed by atoms with Crippen LogP contribution in [0.5, 0.6) is 23.0 Å². The van der Waals surface area contributed by atoms with Crippen molar-refractivity contribution in [3.05, 3.63) is 240 Å². The standard InChI is InChI=1S/C29H31N5O3.C20H21N5O.C19H26BN3O2.C16H17BrN2O3.C13H14BrN3.C9H6BrFN2.C4H9N/c1-18-27(32-29(2)10-11-29)31-26-22(6-5-7-23(26)30-18)20-14-24-28(35)34(13-12-33(24)17-20)16-19-8-9-21(36-3)15-25(19)37-4;1-12-18(24-20(2)6-7-20)23-17-14(4-3-5-15(17)22-12)13-10-16-19(26)21-8-9-25(16)11-13;1-12-16(23-19(6)10-11-19)22-15-13(8-7-9-14(15)21-12)20-24-17(2,3)18(4,5)25-20;1-21-13-4-3-11(15(8-13)22-2)9-19-6-5-18-10-12(17)7-14(18)16(19)20;1-8-12(17-13(2)6-7-13)16-11-9(14)4-3-5-10(11)15-8;1-5-9(11)13-8-6(10)3-2-4-7(8)12-5;1-4(5)2-3-4/h5-9,14-15,17H,10-13,16H2,1-4H3,(H,31,32);3-5,10-11H,6-9H2,1-2H3,(H,21,26)(H,23,24);7-9H,10-11H2,1-6H3,(H,22,23);3-4,7-8,10H,5-6,9H2,1-2H3;3-5H,6-7H2,1-2H3,(H,16,17);2-4H,1H3;2-3,5H2,1H3. The van der Waals surface area contributed by atoms with Gasteiger partial charge in [-0.3, -0.25) is 14.4 Å². The molecule has 7 aromatic carbocycles. The number of para-hydroxylation sites is 5. The van der Waals surface area contributed by atoms with Gasteiger partial charge in [-0.05, 0) is 294 Å². The highest BCUT2D eigenvalue weighted by atomic mass is 79.9. The van der Waals surface area contributed by atoms with Crippen molar-refractivity contribution in [1.29, 1.82) is 0 Å². The number of halogens is 4. The van der Waals surface area contributed by atoms with Gasteiger partial charge in [0.2, 0.25) is 5.95 Å². The molecule has 0 radical (unpaired) electrons. The Labute approximate surface area is 869 Å². The molecule has 7 N–H and O–H groups in total. The number of ether oxygens (including phenoxy) is 4. The van der Waals surface area contributed by atoms with Gasteiger partial charge in [-0.1, -0.05) is 48.5 Å². The van der Waals surface area contributed by atoms with E-state index in [0.717, 1.165) is 205 Å². The zero-order valence-corrected chi connectivity index (χ0v) is 90.1. The second kappa shape index (κ2) is 40.9. The average Bonchev–Trinajstić information content (AvgIpc) is 1.59. The number of nitrogens with zero attached hydrogens (tertiary/aromatic N) is 15. The van der Waals surface area contributed by atoms with E-state index in [0.29, 0.717) is 72.3 Å². The highest BCUT2D eigenvalue weighted by Crippen LogP contribution is 2.46. The third-order valence-electron chi connectivity index (χ3n) is 28.5. The number of hydrogen-bond donors (Lipinski definition) is 6. The lowest BCUT2D eigenvalue weighted by Crippen LogP contribution is -2.41. The van der Waals surface area contributed by atoms with E-state index in [-0.39, 0.29) is 56.6 Å². The van der Waals surface area contributed by atoms with Crippen LogP contribution in [0, 0.1) is 40.6 Å². The number of methoxy groups -OCH3 is 4. The van der Waals surface area contributed by atoms with Gasteiger partial charge in [0.1, 0.15) is 74.4 Å². The van der Waals surface area contributed by atoms with Gasteiger partial charge in [-0.2, -0.15) is 4.39 Å². The molecule has 1 saturated heterocycles.